The number of ether oxygens (including phenoxy) is 3. The summed E-state index contributed by atoms with van der Waals surface area (Å²) in [5.41, 5.74) is 6.13. The maximum atomic E-state index is 11.1. The van der Waals surface area contributed by atoms with Gasteiger partial charge in [0, 0.05) is 11.8 Å². The van der Waals surface area contributed by atoms with E-state index in [1.807, 2.05) is 34.9 Å². The van der Waals surface area contributed by atoms with Gasteiger partial charge in [0.25, 0.3) is 0 Å². The molecule has 1 aromatic heterocycles. The van der Waals surface area contributed by atoms with Gasteiger partial charge in [0.2, 0.25) is 12.7 Å². The first-order valence-electron chi connectivity index (χ1n) is 8.14. The fraction of sp³-hybridized carbons (Fsp3) is 0.167. The van der Waals surface area contributed by atoms with Crippen molar-refractivity contribution in [3.8, 4) is 22.9 Å². The van der Waals surface area contributed by atoms with Gasteiger partial charge in [-0.2, -0.15) is 0 Å². The first-order valence-corrected chi connectivity index (χ1v) is 9.12. The topological polar surface area (TPSA) is 101 Å². The van der Waals surface area contributed by atoms with Crippen LogP contribution in [-0.2, 0) is 11.4 Å². The van der Waals surface area contributed by atoms with E-state index in [0.717, 1.165) is 5.69 Å². The van der Waals surface area contributed by atoms with Crippen molar-refractivity contribution in [3.05, 3.63) is 54.4 Å². The van der Waals surface area contributed by atoms with Crippen molar-refractivity contribution in [1.29, 1.82) is 0 Å². The van der Waals surface area contributed by atoms with Crippen LogP contribution in [0, 0.1) is 0 Å². The highest BCUT2D eigenvalue weighted by atomic mass is 32.2. The molecular weight excluding hydrogens is 368 g/mol. The average molecular weight is 384 g/mol. The van der Waals surface area contributed by atoms with E-state index in [2.05, 4.69) is 10.2 Å². The van der Waals surface area contributed by atoms with Gasteiger partial charge in [0.05, 0.1) is 5.75 Å². The predicted octanol–water partition coefficient (Wildman–Crippen LogP) is 2.15. The molecular formula is C18H16N4O4S. The molecule has 138 valence electrons. The number of hydrogen-bond donors (Lipinski definition) is 1. The van der Waals surface area contributed by atoms with Crippen LogP contribution in [0.15, 0.2) is 53.7 Å². The number of aromatic nitrogens is 3. The van der Waals surface area contributed by atoms with Gasteiger partial charge in [-0.25, -0.2) is 0 Å². The van der Waals surface area contributed by atoms with Gasteiger partial charge in [-0.15, -0.1) is 10.2 Å². The SMILES string of the molecule is NC(=O)CSc1nnc(COc2ccc3c(c2)OCO3)n1-c1ccccc1. The summed E-state index contributed by atoms with van der Waals surface area (Å²) in [7, 11) is 0. The Bertz CT molecular complexity index is 961. The van der Waals surface area contributed by atoms with Gasteiger partial charge in [-0.1, -0.05) is 30.0 Å². The fourth-order valence-corrected chi connectivity index (χ4v) is 3.28. The first kappa shape index (κ1) is 17.2. The number of nitrogens with two attached hydrogens (primary N) is 1. The molecule has 3 aromatic rings. The number of rotatable bonds is 7. The molecule has 1 amide bonds. The predicted molar refractivity (Wildman–Crippen MR) is 98.2 cm³/mol. The number of para-hydroxylation sites is 1. The number of carbonyl (C=O) groups excluding carboxylic acids is 1. The number of hydrogen-bond acceptors (Lipinski definition) is 7. The highest BCUT2D eigenvalue weighted by Gasteiger charge is 2.17. The van der Waals surface area contributed by atoms with Crippen molar-refractivity contribution in [2.75, 3.05) is 12.5 Å². The molecule has 0 saturated carbocycles. The molecule has 0 atom stereocenters. The summed E-state index contributed by atoms with van der Waals surface area (Å²) in [5, 5.41) is 8.97. The molecule has 2 N–H and O–H groups in total. The third kappa shape index (κ3) is 3.82. The lowest BCUT2D eigenvalue weighted by Crippen LogP contribution is -2.14. The van der Waals surface area contributed by atoms with Gasteiger partial charge in [-0.3, -0.25) is 9.36 Å². The van der Waals surface area contributed by atoms with E-state index in [1.54, 1.807) is 18.2 Å². The van der Waals surface area contributed by atoms with Crippen molar-refractivity contribution in [2.24, 2.45) is 5.73 Å². The van der Waals surface area contributed by atoms with Crippen LogP contribution in [0.25, 0.3) is 5.69 Å². The number of carbonyl (C=O) groups is 1. The Morgan fingerprint density at radius 1 is 1.15 bits per heavy atom. The second kappa shape index (κ2) is 7.58. The summed E-state index contributed by atoms with van der Waals surface area (Å²) in [6.45, 7) is 0.403. The molecule has 1 aliphatic heterocycles. The molecule has 8 nitrogen and oxygen atoms in total. The van der Waals surface area contributed by atoms with E-state index in [9.17, 15) is 4.79 Å². The highest BCUT2D eigenvalue weighted by Crippen LogP contribution is 2.35. The van der Waals surface area contributed by atoms with E-state index >= 15 is 0 Å². The first-order chi connectivity index (χ1) is 13.2. The zero-order chi connectivity index (χ0) is 18.6. The molecule has 2 aromatic carbocycles. The van der Waals surface area contributed by atoms with Crippen LogP contribution >= 0.6 is 11.8 Å². The molecule has 0 saturated heterocycles. The summed E-state index contributed by atoms with van der Waals surface area (Å²) in [4.78, 5) is 11.1. The Labute approximate surface area is 159 Å². The molecule has 4 rings (SSSR count). The van der Waals surface area contributed by atoms with Crippen LogP contribution in [0.2, 0.25) is 0 Å². The summed E-state index contributed by atoms with van der Waals surface area (Å²) in [6, 6.07) is 15.0. The summed E-state index contributed by atoms with van der Waals surface area (Å²) in [6.07, 6.45) is 0. The third-order valence-electron chi connectivity index (χ3n) is 3.77. The number of nitrogens with zero attached hydrogens (tertiary/aromatic N) is 3. The fourth-order valence-electron chi connectivity index (χ4n) is 2.57. The van der Waals surface area contributed by atoms with Crippen LogP contribution < -0.4 is 19.9 Å². The molecule has 9 heteroatoms. The quantitative estimate of drug-likeness (QED) is 0.623. The Kier molecular flexibility index (Phi) is 4.84. The molecule has 0 fully saturated rings. The lowest BCUT2D eigenvalue weighted by molar-refractivity contribution is -0.115. The maximum absolute atomic E-state index is 11.1. The van der Waals surface area contributed by atoms with Crippen molar-refractivity contribution in [1.82, 2.24) is 14.8 Å². The number of primary amides is 1. The summed E-state index contributed by atoms with van der Waals surface area (Å²) in [5.74, 6) is 2.28. The molecule has 0 radical (unpaired) electrons. The highest BCUT2D eigenvalue weighted by molar-refractivity contribution is 7.99. The molecule has 0 bridgehead atoms. The van der Waals surface area contributed by atoms with Crippen LogP contribution in [0.5, 0.6) is 17.2 Å². The van der Waals surface area contributed by atoms with Gasteiger partial charge in [-0.05, 0) is 24.3 Å². The molecule has 27 heavy (non-hydrogen) atoms. The second-order valence-corrected chi connectivity index (χ2v) is 6.57. The Morgan fingerprint density at radius 2 is 1.96 bits per heavy atom. The minimum absolute atomic E-state index is 0.119. The minimum atomic E-state index is -0.416. The van der Waals surface area contributed by atoms with Crippen LogP contribution in [0.4, 0.5) is 0 Å². The van der Waals surface area contributed by atoms with E-state index in [-0.39, 0.29) is 19.2 Å². The van der Waals surface area contributed by atoms with E-state index in [4.69, 9.17) is 19.9 Å². The molecule has 0 unspecified atom stereocenters. The van der Waals surface area contributed by atoms with E-state index in [0.29, 0.717) is 28.2 Å². The lowest BCUT2D eigenvalue weighted by Gasteiger charge is -2.11. The third-order valence-corrected chi connectivity index (χ3v) is 4.72. The number of benzene rings is 2. The van der Waals surface area contributed by atoms with Gasteiger partial charge in [0.15, 0.2) is 22.5 Å². The average Bonchev–Trinajstić information content (AvgIpc) is 3.31. The molecule has 0 spiro atoms. The van der Waals surface area contributed by atoms with Crippen LogP contribution in [0.1, 0.15) is 5.82 Å². The number of fused-ring (bicyclic) bond motifs is 1. The second-order valence-electron chi connectivity index (χ2n) is 5.63. The largest absolute Gasteiger partial charge is 0.485 e. The van der Waals surface area contributed by atoms with E-state index in [1.165, 1.54) is 11.8 Å². The zero-order valence-electron chi connectivity index (χ0n) is 14.2. The minimum Gasteiger partial charge on any atom is -0.485 e. The molecule has 2 heterocycles. The molecule has 0 aliphatic carbocycles. The summed E-state index contributed by atoms with van der Waals surface area (Å²) >= 11 is 1.23. The van der Waals surface area contributed by atoms with Crippen molar-refractivity contribution in [2.45, 2.75) is 11.8 Å². The lowest BCUT2D eigenvalue weighted by atomic mass is 10.3. The van der Waals surface area contributed by atoms with Gasteiger partial charge in [0.1, 0.15) is 12.4 Å². The monoisotopic (exact) mass is 384 g/mol. The summed E-state index contributed by atoms with van der Waals surface area (Å²) < 4.78 is 18.4. The molecule has 1 aliphatic rings. The van der Waals surface area contributed by atoms with Gasteiger partial charge >= 0.3 is 0 Å². The van der Waals surface area contributed by atoms with Crippen LogP contribution in [0.3, 0.4) is 0 Å². The zero-order valence-corrected chi connectivity index (χ0v) is 15.0. The normalized spacial score (nSPS) is 12.1. The number of thioether (sulfide) groups is 1. The maximum Gasteiger partial charge on any atom is 0.231 e. The van der Waals surface area contributed by atoms with Crippen molar-refractivity contribution in [3.63, 3.8) is 0 Å². The van der Waals surface area contributed by atoms with Gasteiger partial charge < -0.3 is 19.9 Å². The Balaban J connectivity index is 1.57. The smallest absolute Gasteiger partial charge is 0.231 e. The number of amides is 1. The standard InChI is InChI=1S/C18H16N4O4S/c19-16(23)10-27-18-21-20-17(22(18)12-4-2-1-3-5-12)9-24-13-6-7-14-15(8-13)26-11-25-14/h1-8H,9-11H2,(H2,19,23). The van der Waals surface area contributed by atoms with Crippen molar-refractivity contribution >= 4 is 17.7 Å². The van der Waals surface area contributed by atoms with E-state index < -0.39 is 5.91 Å². The van der Waals surface area contributed by atoms with Crippen molar-refractivity contribution < 1.29 is 19.0 Å². The van der Waals surface area contributed by atoms with Crippen LogP contribution in [-0.4, -0.2) is 33.2 Å². The Morgan fingerprint density at radius 3 is 2.78 bits per heavy atom. The Hall–Kier alpha value is -3.20.